The van der Waals surface area contributed by atoms with Crippen LogP contribution in [0.25, 0.3) is 10.9 Å². The first-order valence-corrected chi connectivity index (χ1v) is 10.4. The Balaban J connectivity index is 1.76. The molecule has 0 saturated carbocycles. The van der Waals surface area contributed by atoms with Gasteiger partial charge in [-0.2, -0.15) is 0 Å². The van der Waals surface area contributed by atoms with Crippen molar-refractivity contribution in [1.29, 1.82) is 0 Å². The Bertz CT molecular complexity index is 924. The number of halogens is 2. The topological polar surface area (TPSA) is 49.2 Å². The molecule has 150 valence electrons. The first-order chi connectivity index (χ1) is 13.6. The molecule has 0 unspecified atom stereocenters. The molecule has 0 fully saturated rings. The van der Waals surface area contributed by atoms with Crippen LogP contribution >= 0.6 is 23.2 Å². The average molecular weight is 420 g/mol. The van der Waals surface area contributed by atoms with Crippen LogP contribution in [-0.2, 0) is 13.1 Å². The third-order valence-corrected chi connectivity index (χ3v) is 5.59. The molecule has 0 aliphatic rings. The molecule has 0 atom stereocenters. The molecular weight excluding hydrogens is 393 g/mol. The predicted molar refractivity (Wildman–Crippen MR) is 119 cm³/mol. The number of hydrogen-bond acceptors (Lipinski definition) is 3. The maximum absolute atomic E-state index is 8.79. The highest BCUT2D eigenvalue weighted by Crippen LogP contribution is 2.29. The van der Waals surface area contributed by atoms with E-state index in [0.29, 0.717) is 23.1 Å². The van der Waals surface area contributed by atoms with Crippen LogP contribution in [0.15, 0.2) is 42.5 Å². The van der Waals surface area contributed by atoms with Gasteiger partial charge in [0.1, 0.15) is 0 Å². The van der Waals surface area contributed by atoms with Crippen molar-refractivity contribution < 1.29 is 5.11 Å². The molecule has 6 heteroatoms. The smallest absolute Gasteiger partial charge is 0.0555 e. The molecular formula is C22H27Cl2N3O. The van der Waals surface area contributed by atoms with Gasteiger partial charge in [-0.1, -0.05) is 47.5 Å². The Hall–Kier alpha value is -1.56. The Kier molecular flexibility index (Phi) is 7.77. The number of aliphatic hydroxyl groups is 1. The Morgan fingerprint density at radius 3 is 2.57 bits per heavy atom. The number of nitrogens with zero attached hydrogens (tertiary/aromatic N) is 1. The maximum Gasteiger partial charge on any atom is 0.0555 e. The number of aromatic nitrogens is 1. The van der Waals surface area contributed by atoms with Gasteiger partial charge in [0, 0.05) is 46.3 Å². The standard InChI is InChI=1S/C22H27Cl2N3O/c1-16-20(14-26-10-4-9-25-11-12-28)19-5-2-3-6-22(19)27(16)15-17-7-8-18(23)13-21(17)24/h2-3,5-8,13,25-26,28H,4,9-12,14-15H2,1H3. The van der Waals surface area contributed by atoms with Crippen LogP contribution in [0.4, 0.5) is 0 Å². The molecule has 3 rings (SSSR count). The van der Waals surface area contributed by atoms with Gasteiger partial charge in [-0.05, 0) is 55.8 Å². The quantitative estimate of drug-likeness (QED) is 0.427. The van der Waals surface area contributed by atoms with Gasteiger partial charge in [0.25, 0.3) is 0 Å². The summed E-state index contributed by atoms with van der Waals surface area (Å²) in [6.45, 7) is 6.39. The number of para-hydroxylation sites is 1. The number of fused-ring (bicyclic) bond motifs is 1. The van der Waals surface area contributed by atoms with E-state index >= 15 is 0 Å². The van der Waals surface area contributed by atoms with Crippen LogP contribution in [0.2, 0.25) is 10.0 Å². The van der Waals surface area contributed by atoms with E-state index in [0.717, 1.165) is 31.6 Å². The second-order valence-corrected chi connectivity index (χ2v) is 7.75. The minimum atomic E-state index is 0.184. The normalized spacial score (nSPS) is 11.4. The van der Waals surface area contributed by atoms with E-state index in [2.05, 4.69) is 46.4 Å². The number of nitrogens with one attached hydrogen (secondary N) is 2. The zero-order valence-electron chi connectivity index (χ0n) is 16.1. The highest BCUT2D eigenvalue weighted by molar-refractivity contribution is 6.35. The van der Waals surface area contributed by atoms with Crippen molar-refractivity contribution in [1.82, 2.24) is 15.2 Å². The van der Waals surface area contributed by atoms with Crippen molar-refractivity contribution in [3.8, 4) is 0 Å². The molecule has 28 heavy (non-hydrogen) atoms. The van der Waals surface area contributed by atoms with Gasteiger partial charge in [-0.25, -0.2) is 0 Å². The lowest BCUT2D eigenvalue weighted by Gasteiger charge is -2.11. The fourth-order valence-electron chi connectivity index (χ4n) is 3.51. The predicted octanol–water partition coefficient (Wildman–Crippen LogP) is 4.37. The first-order valence-electron chi connectivity index (χ1n) is 9.64. The largest absolute Gasteiger partial charge is 0.395 e. The lowest BCUT2D eigenvalue weighted by atomic mass is 10.1. The van der Waals surface area contributed by atoms with Crippen molar-refractivity contribution >= 4 is 34.1 Å². The first kappa shape index (κ1) is 21.2. The molecule has 2 aromatic carbocycles. The third-order valence-electron chi connectivity index (χ3n) is 5.00. The summed E-state index contributed by atoms with van der Waals surface area (Å²) in [5.41, 5.74) is 4.85. The molecule has 1 heterocycles. The van der Waals surface area contributed by atoms with Crippen molar-refractivity contribution in [2.75, 3.05) is 26.2 Å². The lowest BCUT2D eigenvalue weighted by Crippen LogP contribution is -2.24. The summed E-state index contributed by atoms with van der Waals surface area (Å²) in [6.07, 6.45) is 1.03. The summed E-state index contributed by atoms with van der Waals surface area (Å²) in [5, 5.41) is 18.2. The van der Waals surface area contributed by atoms with Crippen LogP contribution in [-0.4, -0.2) is 35.9 Å². The molecule has 0 radical (unpaired) electrons. The molecule has 0 amide bonds. The van der Waals surface area contributed by atoms with Gasteiger partial charge in [-0.15, -0.1) is 0 Å². The van der Waals surface area contributed by atoms with Crippen LogP contribution in [0, 0.1) is 6.92 Å². The van der Waals surface area contributed by atoms with Crippen LogP contribution < -0.4 is 10.6 Å². The van der Waals surface area contributed by atoms with Gasteiger partial charge in [0.05, 0.1) is 6.61 Å². The van der Waals surface area contributed by atoms with E-state index in [1.807, 2.05) is 12.1 Å². The molecule has 0 saturated heterocycles. The zero-order valence-corrected chi connectivity index (χ0v) is 17.7. The molecule has 4 nitrogen and oxygen atoms in total. The Labute approximate surface area is 176 Å². The van der Waals surface area contributed by atoms with Crippen LogP contribution in [0.5, 0.6) is 0 Å². The van der Waals surface area contributed by atoms with E-state index in [4.69, 9.17) is 28.3 Å². The maximum atomic E-state index is 8.79. The van der Waals surface area contributed by atoms with Gasteiger partial charge >= 0.3 is 0 Å². The van der Waals surface area contributed by atoms with Crippen molar-refractivity contribution in [2.24, 2.45) is 0 Å². The minimum Gasteiger partial charge on any atom is -0.395 e. The molecule has 3 N–H and O–H groups in total. The van der Waals surface area contributed by atoms with E-state index in [1.165, 1.54) is 22.2 Å². The Morgan fingerprint density at radius 2 is 1.79 bits per heavy atom. The molecule has 0 aliphatic heterocycles. The third kappa shape index (κ3) is 5.07. The molecule has 0 aliphatic carbocycles. The molecule has 3 aromatic rings. The molecule has 0 bridgehead atoms. The number of aliphatic hydroxyl groups excluding tert-OH is 1. The summed E-state index contributed by atoms with van der Waals surface area (Å²) in [4.78, 5) is 0. The summed E-state index contributed by atoms with van der Waals surface area (Å²) >= 11 is 12.5. The average Bonchev–Trinajstić information content (AvgIpc) is 2.95. The second-order valence-electron chi connectivity index (χ2n) is 6.91. The van der Waals surface area contributed by atoms with Crippen molar-refractivity contribution in [2.45, 2.75) is 26.4 Å². The fraction of sp³-hybridized carbons (Fsp3) is 0.364. The SMILES string of the molecule is Cc1c(CNCCCNCCO)c2ccccc2n1Cc1ccc(Cl)cc1Cl. The van der Waals surface area contributed by atoms with Gasteiger partial charge < -0.3 is 20.3 Å². The second kappa shape index (κ2) is 10.3. The van der Waals surface area contributed by atoms with Crippen LogP contribution in [0.1, 0.15) is 23.2 Å². The highest BCUT2D eigenvalue weighted by atomic mass is 35.5. The summed E-state index contributed by atoms with van der Waals surface area (Å²) < 4.78 is 2.32. The molecule has 1 aromatic heterocycles. The fourth-order valence-corrected chi connectivity index (χ4v) is 3.97. The highest BCUT2D eigenvalue weighted by Gasteiger charge is 2.14. The van der Waals surface area contributed by atoms with Gasteiger partial charge in [-0.3, -0.25) is 0 Å². The summed E-state index contributed by atoms with van der Waals surface area (Å²) in [6, 6.07) is 14.2. The van der Waals surface area contributed by atoms with Crippen LogP contribution in [0.3, 0.4) is 0 Å². The van der Waals surface area contributed by atoms with Crippen molar-refractivity contribution in [3.05, 3.63) is 69.3 Å². The number of benzene rings is 2. The van der Waals surface area contributed by atoms with E-state index < -0.39 is 0 Å². The monoisotopic (exact) mass is 419 g/mol. The van der Waals surface area contributed by atoms with Gasteiger partial charge in [0.2, 0.25) is 0 Å². The lowest BCUT2D eigenvalue weighted by molar-refractivity contribution is 0.292. The Morgan fingerprint density at radius 1 is 1.00 bits per heavy atom. The van der Waals surface area contributed by atoms with Crippen molar-refractivity contribution in [3.63, 3.8) is 0 Å². The molecule has 0 spiro atoms. The number of hydrogen-bond donors (Lipinski definition) is 3. The summed E-state index contributed by atoms with van der Waals surface area (Å²) in [5.74, 6) is 0. The minimum absolute atomic E-state index is 0.184. The van der Waals surface area contributed by atoms with E-state index in [-0.39, 0.29) is 6.61 Å². The number of rotatable bonds is 10. The zero-order chi connectivity index (χ0) is 19.9. The summed E-state index contributed by atoms with van der Waals surface area (Å²) in [7, 11) is 0. The van der Waals surface area contributed by atoms with Gasteiger partial charge in [0.15, 0.2) is 0 Å². The van der Waals surface area contributed by atoms with E-state index in [9.17, 15) is 0 Å². The van der Waals surface area contributed by atoms with E-state index in [1.54, 1.807) is 6.07 Å².